The number of morpholine rings is 1. The first kappa shape index (κ1) is 15.9. The van der Waals surface area contributed by atoms with Crippen LogP contribution >= 0.6 is 0 Å². The highest BCUT2D eigenvalue weighted by atomic mass is 32.2. The lowest BCUT2D eigenvalue weighted by molar-refractivity contribution is -0.00279. The number of hydrogen-bond acceptors (Lipinski definition) is 4. The monoisotopic (exact) mass is 313 g/mol. The van der Waals surface area contributed by atoms with Gasteiger partial charge >= 0.3 is 5.97 Å². The molecule has 21 heavy (non-hydrogen) atoms. The molecule has 116 valence electrons. The van der Waals surface area contributed by atoms with E-state index in [4.69, 9.17) is 9.84 Å². The third-order valence-corrected chi connectivity index (χ3v) is 5.62. The van der Waals surface area contributed by atoms with Crippen LogP contribution in [-0.2, 0) is 14.8 Å². The molecule has 0 bridgehead atoms. The van der Waals surface area contributed by atoms with Crippen LogP contribution < -0.4 is 0 Å². The standard InChI is InChI=1S/C14H19NO5S/c1-3-12-9-15(6-7-20-12)21(18,19)13-8-11(14(16)17)5-4-10(13)2/h4-5,8,12H,3,6-7,9H2,1-2H3,(H,16,17). The van der Waals surface area contributed by atoms with Gasteiger partial charge in [0.15, 0.2) is 0 Å². The van der Waals surface area contributed by atoms with Gasteiger partial charge in [0.1, 0.15) is 0 Å². The van der Waals surface area contributed by atoms with Gasteiger partial charge in [-0.15, -0.1) is 0 Å². The Labute approximate surface area is 124 Å². The fourth-order valence-electron chi connectivity index (χ4n) is 2.31. The Balaban J connectivity index is 2.39. The Bertz CT molecular complexity index is 641. The van der Waals surface area contributed by atoms with E-state index in [1.165, 1.54) is 22.5 Å². The van der Waals surface area contributed by atoms with Crippen LogP contribution in [-0.4, -0.2) is 49.6 Å². The number of ether oxygens (including phenoxy) is 1. The van der Waals surface area contributed by atoms with Crippen molar-refractivity contribution >= 4 is 16.0 Å². The van der Waals surface area contributed by atoms with Gasteiger partial charge in [0.25, 0.3) is 0 Å². The molecule has 0 aliphatic carbocycles. The molecule has 1 saturated heterocycles. The zero-order valence-electron chi connectivity index (χ0n) is 12.1. The van der Waals surface area contributed by atoms with Crippen molar-refractivity contribution in [1.29, 1.82) is 0 Å². The van der Waals surface area contributed by atoms with E-state index in [0.717, 1.165) is 6.42 Å². The minimum atomic E-state index is -3.70. The molecule has 1 aromatic rings. The lowest BCUT2D eigenvalue weighted by atomic mass is 10.1. The second kappa shape index (κ2) is 6.13. The topological polar surface area (TPSA) is 83.9 Å². The van der Waals surface area contributed by atoms with Crippen molar-refractivity contribution < 1.29 is 23.1 Å². The quantitative estimate of drug-likeness (QED) is 0.910. The number of carboxylic acid groups (broad SMARTS) is 1. The number of benzene rings is 1. The predicted octanol–water partition coefficient (Wildman–Crippen LogP) is 1.49. The summed E-state index contributed by atoms with van der Waals surface area (Å²) in [5, 5.41) is 9.03. The predicted molar refractivity (Wildman–Crippen MR) is 76.9 cm³/mol. The Kier molecular flexibility index (Phi) is 4.65. The van der Waals surface area contributed by atoms with E-state index < -0.39 is 16.0 Å². The fourth-order valence-corrected chi connectivity index (χ4v) is 4.01. The molecule has 1 N–H and O–H groups in total. The number of hydrogen-bond donors (Lipinski definition) is 1. The minimum Gasteiger partial charge on any atom is -0.478 e. The van der Waals surface area contributed by atoms with Gasteiger partial charge in [0.05, 0.1) is 23.2 Å². The number of carboxylic acids is 1. The van der Waals surface area contributed by atoms with Crippen molar-refractivity contribution in [3.05, 3.63) is 29.3 Å². The van der Waals surface area contributed by atoms with Crippen LogP contribution in [0.3, 0.4) is 0 Å². The summed E-state index contributed by atoms with van der Waals surface area (Å²) in [5.41, 5.74) is 0.513. The van der Waals surface area contributed by atoms with Crippen LogP contribution in [0.15, 0.2) is 23.1 Å². The number of aryl methyl sites for hydroxylation is 1. The summed E-state index contributed by atoms with van der Waals surface area (Å²) in [6, 6.07) is 4.16. The number of sulfonamides is 1. The zero-order valence-corrected chi connectivity index (χ0v) is 12.9. The van der Waals surface area contributed by atoms with Crippen molar-refractivity contribution in [3.63, 3.8) is 0 Å². The fraction of sp³-hybridized carbons (Fsp3) is 0.500. The first-order valence-corrected chi connectivity index (χ1v) is 8.26. The summed E-state index contributed by atoms with van der Waals surface area (Å²) in [6.07, 6.45) is 0.622. The van der Waals surface area contributed by atoms with Gasteiger partial charge in [-0.25, -0.2) is 13.2 Å². The lowest BCUT2D eigenvalue weighted by Gasteiger charge is -2.32. The van der Waals surface area contributed by atoms with Crippen LogP contribution in [0.1, 0.15) is 29.3 Å². The normalized spacial score (nSPS) is 20.4. The molecule has 2 rings (SSSR count). The Hall–Kier alpha value is -1.44. The summed E-state index contributed by atoms with van der Waals surface area (Å²) < 4.78 is 32.3. The molecule has 6 nitrogen and oxygen atoms in total. The maximum absolute atomic E-state index is 12.7. The van der Waals surface area contributed by atoms with Crippen LogP contribution in [0, 0.1) is 6.92 Å². The Morgan fingerprint density at radius 1 is 1.48 bits per heavy atom. The average Bonchev–Trinajstić information content (AvgIpc) is 2.47. The minimum absolute atomic E-state index is 0.0283. The van der Waals surface area contributed by atoms with Crippen molar-refractivity contribution in [2.75, 3.05) is 19.7 Å². The molecular formula is C14H19NO5S. The highest BCUT2D eigenvalue weighted by molar-refractivity contribution is 7.89. The first-order chi connectivity index (χ1) is 9.86. The van der Waals surface area contributed by atoms with Gasteiger partial charge in [-0.3, -0.25) is 0 Å². The van der Waals surface area contributed by atoms with E-state index in [0.29, 0.717) is 18.7 Å². The molecule has 0 amide bonds. The second-order valence-electron chi connectivity index (χ2n) is 5.05. The SMILES string of the molecule is CCC1CN(S(=O)(=O)c2cc(C(=O)O)ccc2C)CCO1. The maximum Gasteiger partial charge on any atom is 0.335 e. The van der Waals surface area contributed by atoms with E-state index >= 15 is 0 Å². The van der Waals surface area contributed by atoms with Gasteiger partial charge < -0.3 is 9.84 Å². The Morgan fingerprint density at radius 3 is 2.81 bits per heavy atom. The van der Waals surface area contributed by atoms with Gasteiger partial charge in [-0.2, -0.15) is 4.31 Å². The largest absolute Gasteiger partial charge is 0.478 e. The first-order valence-electron chi connectivity index (χ1n) is 6.82. The molecule has 0 spiro atoms. The summed E-state index contributed by atoms with van der Waals surface area (Å²) >= 11 is 0. The molecule has 1 aromatic carbocycles. The number of nitrogens with zero attached hydrogens (tertiary/aromatic N) is 1. The van der Waals surface area contributed by atoms with Gasteiger partial charge in [0.2, 0.25) is 10.0 Å². The van der Waals surface area contributed by atoms with Crippen LogP contribution in [0.25, 0.3) is 0 Å². The highest BCUT2D eigenvalue weighted by Crippen LogP contribution is 2.23. The van der Waals surface area contributed by atoms with Crippen molar-refractivity contribution in [2.45, 2.75) is 31.3 Å². The van der Waals surface area contributed by atoms with Crippen LogP contribution in [0.2, 0.25) is 0 Å². The third kappa shape index (κ3) is 3.25. The smallest absolute Gasteiger partial charge is 0.335 e. The van der Waals surface area contributed by atoms with E-state index in [1.807, 2.05) is 6.92 Å². The molecule has 7 heteroatoms. The lowest BCUT2D eigenvalue weighted by Crippen LogP contribution is -2.45. The summed E-state index contributed by atoms with van der Waals surface area (Å²) in [5.74, 6) is -1.14. The molecule has 0 aromatic heterocycles. The van der Waals surface area contributed by atoms with Crippen LogP contribution in [0.5, 0.6) is 0 Å². The number of carbonyl (C=O) groups is 1. The van der Waals surface area contributed by atoms with E-state index in [9.17, 15) is 13.2 Å². The molecular weight excluding hydrogens is 294 g/mol. The average molecular weight is 313 g/mol. The maximum atomic E-state index is 12.7. The summed E-state index contributed by atoms with van der Waals surface area (Å²) in [7, 11) is -3.70. The molecule has 0 saturated carbocycles. The molecule has 1 atom stereocenters. The molecule has 1 aliphatic rings. The van der Waals surface area contributed by atoms with Gasteiger partial charge in [-0.1, -0.05) is 13.0 Å². The van der Waals surface area contributed by atoms with E-state index in [-0.39, 0.29) is 23.1 Å². The molecule has 0 radical (unpaired) electrons. The highest BCUT2D eigenvalue weighted by Gasteiger charge is 2.31. The van der Waals surface area contributed by atoms with E-state index in [1.54, 1.807) is 6.92 Å². The molecule has 1 heterocycles. The van der Waals surface area contributed by atoms with Gasteiger partial charge in [0, 0.05) is 13.1 Å². The molecule has 1 fully saturated rings. The number of rotatable bonds is 4. The Morgan fingerprint density at radius 2 is 2.19 bits per heavy atom. The molecule has 1 unspecified atom stereocenters. The van der Waals surface area contributed by atoms with Crippen LogP contribution in [0.4, 0.5) is 0 Å². The second-order valence-corrected chi connectivity index (χ2v) is 6.96. The van der Waals surface area contributed by atoms with Crippen molar-refractivity contribution in [3.8, 4) is 0 Å². The molecule has 1 aliphatic heterocycles. The summed E-state index contributed by atoms with van der Waals surface area (Å²) in [6.45, 7) is 4.55. The third-order valence-electron chi connectivity index (χ3n) is 3.61. The summed E-state index contributed by atoms with van der Waals surface area (Å²) in [4.78, 5) is 11.1. The van der Waals surface area contributed by atoms with E-state index in [2.05, 4.69) is 0 Å². The zero-order chi connectivity index (χ0) is 15.6. The number of aromatic carboxylic acids is 1. The van der Waals surface area contributed by atoms with Crippen molar-refractivity contribution in [1.82, 2.24) is 4.31 Å². The van der Waals surface area contributed by atoms with Crippen molar-refractivity contribution in [2.24, 2.45) is 0 Å². The van der Waals surface area contributed by atoms with Gasteiger partial charge in [-0.05, 0) is 31.0 Å².